The van der Waals surface area contributed by atoms with Gasteiger partial charge in [0.1, 0.15) is 0 Å². The Kier molecular flexibility index (Phi) is 2.54. The third kappa shape index (κ3) is 1.56. The molecule has 2 atom stereocenters. The molecule has 4 heteroatoms. The van der Waals surface area contributed by atoms with Gasteiger partial charge in [0, 0.05) is 0 Å². The van der Waals surface area contributed by atoms with Crippen LogP contribution in [0.5, 0.6) is 0 Å². The van der Waals surface area contributed by atoms with Gasteiger partial charge in [-0.1, -0.05) is 13.3 Å². The Bertz CT molecular complexity index is 219. The third-order valence-corrected chi connectivity index (χ3v) is 4.85. The Balaban J connectivity index is 2.61. The SMILES string of the molecule is CCC(CN)C1CCS1(=O)=O. The van der Waals surface area contributed by atoms with Gasteiger partial charge in [0.15, 0.2) is 9.84 Å². The highest BCUT2D eigenvalue weighted by Gasteiger charge is 2.39. The molecule has 0 radical (unpaired) electrons. The van der Waals surface area contributed by atoms with Crippen LogP contribution in [0, 0.1) is 5.92 Å². The van der Waals surface area contributed by atoms with Gasteiger partial charge in [-0.2, -0.15) is 0 Å². The summed E-state index contributed by atoms with van der Waals surface area (Å²) >= 11 is 0. The number of hydrogen-bond donors (Lipinski definition) is 1. The number of hydrogen-bond acceptors (Lipinski definition) is 3. The van der Waals surface area contributed by atoms with Crippen LogP contribution in [0.4, 0.5) is 0 Å². The maximum Gasteiger partial charge on any atom is 0.153 e. The van der Waals surface area contributed by atoms with Crippen molar-refractivity contribution in [2.45, 2.75) is 25.0 Å². The molecular weight excluding hydrogens is 162 g/mol. The molecule has 1 fully saturated rings. The van der Waals surface area contributed by atoms with E-state index in [1.54, 1.807) is 0 Å². The second-order valence-electron chi connectivity index (χ2n) is 3.10. The normalized spacial score (nSPS) is 30.9. The van der Waals surface area contributed by atoms with Crippen LogP contribution in [0.25, 0.3) is 0 Å². The van der Waals surface area contributed by atoms with E-state index in [1.165, 1.54) is 0 Å². The molecule has 0 aromatic carbocycles. The van der Waals surface area contributed by atoms with Crippen LogP contribution in [0.1, 0.15) is 19.8 Å². The van der Waals surface area contributed by atoms with Crippen LogP contribution >= 0.6 is 0 Å². The molecule has 1 rings (SSSR count). The van der Waals surface area contributed by atoms with E-state index in [1.807, 2.05) is 6.92 Å². The molecule has 0 aromatic rings. The second-order valence-corrected chi connectivity index (χ2v) is 5.44. The fraction of sp³-hybridized carbons (Fsp3) is 1.00. The van der Waals surface area contributed by atoms with Gasteiger partial charge in [0.2, 0.25) is 0 Å². The molecule has 66 valence electrons. The smallest absolute Gasteiger partial charge is 0.153 e. The van der Waals surface area contributed by atoms with E-state index in [4.69, 9.17) is 5.73 Å². The van der Waals surface area contributed by atoms with E-state index in [0.717, 1.165) is 12.8 Å². The van der Waals surface area contributed by atoms with Gasteiger partial charge in [-0.05, 0) is 18.9 Å². The zero-order valence-corrected chi connectivity index (χ0v) is 7.60. The van der Waals surface area contributed by atoms with E-state index in [0.29, 0.717) is 12.3 Å². The van der Waals surface area contributed by atoms with Crippen molar-refractivity contribution < 1.29 is 8.42 Å². The molecule has 2 N–H and O–H groups in total. The second kappa shape index (κ2) is 3.11. The molecule has 1 aliphatic rings. The Labute approximate surface area is 67.9 Å². The Hall–Kier alpha value is -0.0900. The molecule has 0 bridgehead atoms. The average molecular weight is 177 g/mol. The summed E-state index contributed by atoms with van der Waals surface area (Å²) in [4.78, 5) is 0. The van der Waals surface area contributed by atoms with E-state index in [9.17, 15) is 8.42 Å². The molecule has 0 spiro atoms. The van der Waals surface area contributed by atoms with Crippen LogP contribution in [-0.2, 0) is 9.84 Å². The Morgan fingerprint density at radius 3 is 2.36 bits per heavy atom. The summed E-state index contributed by atoms with van der Waals surface area (Å²) in [6, 6.07) is 0. The highest BCUT2D eigenvalue weighted by atomic mass is 32.2. The molecule has 0 amide bonds. The van der Waals surface area contributed by atoms with Crippen LogP contribution in [0.3, 0.4) is 0 Å². The van der Waals surface area contributed by atoms with Gasteiger partial charge in [-0.15, -0.1) is 0 Å². The van der Waals surface area contributed by atoms with Crippen molar-refractivity contribution in [3.8, 4) is 0 Å². The van der Waals surface area contributed by atoms with Crippen LogP contribution < -0.4 is 5.73 Å². The summed E-state index contributed by atoms with van der Waals surface area (Å²) in [5.41, 5.74) is 5.45. The van der Waals surface area contributed by atoms with E-state index in [2.05, 4.69) is 0 Å². The fourth-order valence-corrected chi connectivity index (χ4v) is 3.34. The third-order valence-electron chi connectivity index (χ3n) is 2.50. The first-order valence-electron chi connectivity index (χ1n) is 4.03. The van der Waals surface area contributed by atoms with Crippen LogP contribution in [0.2, 0.25) is 0 Å². The van der Waals surface area contributed by atoms with Crippen molar-refractivity contribution in [1.82, 2.24) is 0 Å². The average Bonchev–Trinajstić information content (AvgIpc) is 1.98. The topological polar surface area (TPSA) is 60.2 Å². The lowest BCUT2D eigenvalue weighted by atomic mass is 10.00. The van der Waals surface area contributed by atoms with Gasteiger partial charge >= 0.3 is 0 Å². The first-order chi connectivity index (χ1) is 5.11. The highest BCUT2D eigenvalue weighted by Crippen LogP contribution is 2.28. The Morgan fingerprint density at radius 1 is 1.64 bits per heavy atom. The molecule has 1 saturated heterocycles. The van der Waals surface area contributed by atoms with Crippen molar-refractivity contribution in [2.75, 3.05) is 12.3 Å². The number of rotatable bonds is 3. The molecule has 1 aliphatic heterocycles. The van der Waals surface area contributed by atoms with Gasteiger partial charge in [0.05, 0.1) is 11.0 Å². The van der Waals surface area contributed by atoms with E-state index < -0.39 is 9.84 Å². The molecule has 0 saturated carbocycles. The molecule has 3 nitrogen and oxygen atoms in total. The molecule has 1 heterocycles. The zero-order valence-electron chi connectivity index (χ0n) is 6.79. The minimum absolute atomic E-state index is 0.127. The van der Waals surface area contributed by atoms with Crippen molar-refractivity contribution in [1.29, 1.82) is 0 Å². The minimum atomic E-state index is -2.73. The maximum absolute atomic E-state index is 11.1. The summed E-state index contributed by atoms with van der Waals surface area (Å²) < 4.78 is 22.2. The Morgan fingerprint density at radius 2 is 2.27 bits per heavy atom. The molecule has 11 heavy (non-hydrogen) atoms. The highest BCUT2D eigenvalue weighted by molar-refractivity contribution is 7.93. The van der Waals surface area contributed by atoms with Gasteiger partial charge in [0.25, 0.3) is 0 Å². The number of nitrogens with two attached hydrogens (primary N) is 1. The summed E-state index contributed by atoms with van der Waals surface area (Å²) in [6.45, 7) is 2.49. The van der Waals surface area contributed by atoms with E-state index in [-0.39, 0.29) is 11.2 Å². The lowest BCUT2D eigenvalue weighted by Gasteiger charge is -2.32. The standard InChI is InChI=1S/C7H15NO2S/c1-2-6(5-8)7-3-4-11(7,9)10/h6-7H,2-5,8H2,1H3. The summed E-state index contributed by atoms with van der Waals surface area (Å²) in [5, 5.41) is -0.127. The predicted octanol–water partition coefficient (Wildman–Crippen LogP) is 0.158. The molecule has 2 unspecified atom stereocenters. The first kappa shape index (κ1) is 9.00. The predicted molar refractivity (Wildman–Crippen MR) is 45.0 cm³/mol. The molecule has 0 aliphatic carbocycles. The van der Waals surface area contributed by atoms with Gasteiger partial charge in [-0.3, -0.25) is 0 Å². The maximum atomic E-state index is 11.1. The molecular formula is C7H15NO2S. The van der Waals surface area contributed by atoms with Crippen molar-refractivity contribution in [3.63, 3.8) is 0 Å². The first-order valence-corrected chi connectivity index (χ1v) is 5.75. The van der Waals surface area contributed by atoms with Crippen LogP contribution in [-0.4, -0.2) is 26.0 Å². The monoisotopic (exact) mass is 177 g/mol. The van der Waals surface area contributed by atoms with Crippen LogP contribution in [0.15, 0.2) is 0 Å². The van der Waals surface area contributed by atoms with E-state index >= 15 is 0 Å². The quantitative estimate of drug-likeness (QED) is 0.668. The lowest BCUT2D eigenvalue weighted by molar-refractivity contribution is 0.432. The van der Waals surface area contributed by atoms with Gasteiger partial charge in [-0.25, -0.2) is 8.42 Å². The summed E-state index contributed by atoms with van der Waals surface area (Å²) in [5.74, 6) is 0.558. The van der Waals surface area contributed by atoms with Gasteiger partial charge < -0.3 is 5.73 Å². The zero-order chi connectivity index (χ0) is 8.48. The van der Waals surface area contributed by atoms with Crippen molar-refractivity contribution in [3.05, 3.63) is 0 Å². The summed E-state index contributed by atoms with van der Waals surface area (Å²) in [7, 11) is -2.73. The van der Waals surface area contributed by atoms with Crippen molar-refractivity contribution in [2.24, 2.45) is 11.7 Å². The largest absolute Gasteiger partial charge is 0.330 e. The lowest BCUT2D eigenvalue weighted by Crippen LogP contribution is -2.44. The summed E-state index contributed by atoms with van der Waals surface area (Å²) in [6.07, 6.45) is 1.69. The molecule has 0 aromatic heterocycles. The minimum Gasteiger partial charge on any atom is -0.330 e. The number of sulfone groups is 1. The fourth-order valence-electron chi connectivity index (χ4n) is 1.56. The van der Waals surface area contributed by atoms with Crippen molar-refractivity contribution >= 4 is 9.84 Å².